The monoisotopic (exact) mass is 217 g/mol. The maximum Gasteiger partial charge on any atom is 0.411 e. The minimum Gasteiger partial charge on any atom is -0.465 e. The number of benzene rings is 1. The molecule has 4 heteroatoms. The molecule has 1 aromatic rings. The van der Waals surface area contributed by atoms with E-state index in [0.717, 1.165) is 4.90 Å². The van der Waals surface area contributed by atoms with E-state index in [2.05, 4.69) is 0 Å². The number of carbonyl (C=O) groups is 2. The lowest BCUT2D eigenvalue weighted by atomic mass is 10.1. The Morgan fingerprint density at radius 2 is 1.88 bits per heavy atom. The number of amides is 1. The number of ketones is 1. The summed E-state index contributed by atoms with van der Waals surface area (Å²) in [5.41, 5.74) is 0.778. The summed E-state index contributed by atoms with van der Waals surface area (Å²) < 4.78 is 0. The Kier molecular flexibility index (Phi) is 2.72. The molecule has 0 spiro atoms. The minimum atomic E-state index is -1.08. The number of Topliss-reactive ketones (excluding diaryl/α,β-unsaturated/α-hetero) is 1. The lowest BCUT2D eigenvalue weighted by molar-refractivity contribution is 0.0985. The van der Waals surface area contributed by atoms with Crippen LogP contribution in [0.4, 0.5) is 4.79 Å². The van der Waals surface area contributed by atoms with Crippen LogP contribution in [-0.2, 0) is 0 Å². The van der Waals surface area contributed by atoms with Crippen molar-refractivity contribution >= 4 is 11.9 Å². The Bertz CT molecular complexity index is 451. The van der Waals surface area contributed by atoms with Crippen LogP contribution in [0.1, 0.15) is 16.8 Å². The lowest BCUT2D eigenvalue weighted by Crippen LogP contribution is -2.29. The van der Waals surface area contributed by atoms with Crippen LogP contribution in [0.5, 0.6) is 0 Å². The zero-order valence-electron chi connectivity index (χ0n) is 8.59. The molecule has 82 valence electrons. The van der Waals surface area contributed by atoms with Crippen LogP contribution < -0.4 is 0 Å². The van der Waals surface area contributed by atoms with Crippen LogP contribution in [0.15, 0.2) is 42.1 Å². The fraction of sp³-hybridized carbons (Fsp3) is 0.167. The average molecular weight is 217 g/mol. The van der Waals surface area contributed by atoms with Gasteiger partial charge in [-0.25, -0.2) is 4.79 Å². The van der Waals surface area contributed by atoms with Crippen molar-refractivity contribution in [3.05, 3.63) is 47.7 Å². The summed E-state index contributed by atoms with van der Waals surface area (Å²) in [6.45, 7) is 0.364. The molecule has 0 aliphatic carbocycles. The van der Waals surface area contributed by atoms with Crippen LogP contribution in [-0.4, -0.2) is 28.4 Å². The third-order valence-corrected chi connectivity index (χ3v) is 2.48. The molecule has 1 N–H and O–H groups in total. The average Bonchev–Trinajstić information content (AvgIpc) is 2.78. The molecule has 1 aromatic carbocycles. The van der Waals surface area contributed by atoms with Crippen molar-refractivity contribution in [3.63, 3.8) is 0 Å². The van der Waals surface area contributed by atoms with Crippen molar-refractivity contribution in [2.75, 3.05) is 6.54 Å². The van der Waals surface area contributed by atoms with Gasteiger partial charge in [-0.15, -0.1) is 0 Å². The van der Waals surface area contributed by atoms with E-state index >= 15 is 0 Å². The summed E-state index contributed by atoms with van der Waals surface area (Å²) in [4.78, 5) is 24.0. The number of carboxylic acid groups (broad SMARTS) is 1. The van der Waals surface area contributed by atoms with Gasteiger partial charge in [0.25, 0.3) is 0 Å². The summed E-state index contributed by atoms with van der Waals surface area (Å²) >= 11 is 0. The van der Waals surface area contributed by atoms with Gasteiger partial charge in [0.2, 0.25) is 5.78 Å². The molecule has 0 saturated carbocycles. The van der Waals surface area contributed by atoms with Crippen molar-refractivity contribution in [1.29, 1.82) is 0 Å². The van der Waals surface area contributed by atoms with Gasteiger partial charge in [0.05, 0.1) is 5.70 Å². The van der Waals surface area contributed by atoms with Crippen LogP contribution in [0.3, 0.4) is 0 Å². The minimum absolute atomic E-state index is 0.236. The predicted molar refractivity (Wildman–Crippen MR) is 58.2 cm³/mol. The van der Waals surface area contributed by atoms with Crippen molar-refractivity contribution in [3.8, 4) is 0 Å². The Morgan fingerprint density at radius 1 is 1.19 bits per heavy atom. The van der Waals surface area contributed by atoms with Gasteiger partial charge in [-0.2, -0.15) is 0 Å². The van der Waals surface area contributed by atoms with E-state index in [1.54, 1.807) is 30.3 Å². The van der Waals surface area contributed by atoms with Crippen LogP contribution in [0.25, 0.3) is 0 Å². The quantitative estimate of drug-likeness (QED) is 0.772. The molecule has 0 saturated heterocycles. The highest BCUT2D eigenvalue weighted by Crippen LogP contribution is 2.19. The van der Waals surface area contributed by atoms with Crippen LogP contribution in [0, 0.1) is 0 Å². The van der Waals surface area contributed by atoms with E-state index in [-0.39, 0.29) is 11.5 Å². The van der Waals surface area contributed by atoms with Crippen LogP contribution >= 0.6 is 0 Å². The van der Waals surface area contributed by atoms with E-state index in [9.17, 15) is 9.59 Å². The smallest absolute Gasteiger partial charge is 0.411 e. The Labute approximate surface area is 92.8 Å². The Morgan fingerprint density at radius 3 is 2.50 bits per heavy atom. The molecule has 1 heterocycles. The predicted octanol–water partition coefficient (Wildman–Crippen LogP) is 2.14. The summed E-state index contributed by atoms with van der Waals surface area (Å²) in [6.07, 6.45) is 1.19. The van der Waals surface area contributed by atoms with E-state index in [0.29, 0.717) is 18.5 Å². The second kappa shape index (κ2) is 4.18. The molecular formula is C12H11NO3. The van der Waals surface area contributed by atoms with E-state index in [1.807, 2.05) is 6.07 Å². The van der Waals surface area contributed by atoms with Gasteiger partial charge < -0.3 is 5.11 Å². The molecule has 0 radical (unpaired) electrons. The number of rotatable bonds is 2. The topological polar surface area (TPSA) is 57.6 Å². The molecule has 1 aliphatic heterocycles. The Hall–Kier alpha value is -2.10. The first-order valence-corrected chi connectivity index (χ1v) is 5.00. The second-order valence-corrected chi connectivity index (χ2v) is 3.51. The van der Waals surface area contributed by atoms with Gasteiger partial charge in [0.1, 0.15) is 0 Å². The largest absolute Gasteiger partial charge is 0.465 e. The van der Waals surface area contributed by atoms with Gasteiger partial charge in [0, 0.05) is 12.1 Å². The van der Waals surface area contributed by atoms with Crippen molar-refractivity contribution in [2.45, 2.75) is 6.42 Å². The highest BCUT2D eigenvalue weighted by molar-refractivity contribution is 6.10. The van der Waals surface area contributed by atoms with Gasteiger partial charge >= 0.3 is 6.09 Å². The second-order valence-electron chi connectivity index (χ2n) is 3.51. The van der Waals surface area contributed by atoms with Gasteiger partial charge in [-0.1, -0.05) is 36.4 Å². The first kappa shape index (κ1) is 10.4. The molecular weight excluding hydrogens is 206 g/mol. The number of hydrogen-bond acceptors (Lipinski definition) is 2. The van der Waals surface area contributed by atoms with Crippen LogP contribution in [0.2, 0.25) is 0 Å². The van der Waals surface area contributed by atoms with Gasteiger partial charge in [0.15, 0.2) is 0 Å². The number of hydrogen-bond donors (Lipinski definition) is 1. The zero-order valence-corrected chi connectivity index (χ0v) is 8.59. The molecule has 1 aliphatic rings. The fourth-order valence-electron chi connectivity index (χ4n) is 1.71. The zero-order chi connectivity index (χ0) is 11.5. The van der Waals surface area contributed by atoms with E-state index in [4.69, 9.17) is 5.11 Å². The Balaban J connectivity index is 2.26. The van der Waals surface area contributed by atoms with Gasteiger partial charge in [-0.05, 0) is 6.42 Å². The van der Waals surface area contributed by atoms with E-state index < -0.39 is 6.09 Å². The van der Waals surface area contributed by atoms with E-state index in [1.165, 1.54) is 0 Å². The number of carbonyl (C=O) groups excluding carboxylic acids is 1. The molecule has 0 unspecified atom stereocenters. The number of allylic oxidation sites excluding steroid dienone is 1. The molecule has 2 rings (SSSR count). The molecule has 1 amide bonds. The maximum absolute atomic E-state index is 12.0. The third-order valence-electron chi connectivity index (χ3n) is 2.48. The lowest BCUT2D eigenvalue weighted by Gasteiger charge is -2.15. The van der Waals surface area contributed by atoms with Crippen molar-refractivity contribution in [1.82, 2.24) is 4.90 Å². The summed E-state index contributed by atoms with van der Waals surface area (Å²) in [7, 11) is 0. The molecule has 0 bridgehead atoms. The maximum atomic E-state index is 12.0. The molecule has 0 fully saturated rings. The summed E-state index contributed by atoms with van der Waals surface area (Å²) in [5.74, 6) is -0.236. The summed E-state index contributed by atoms with van der Waals surface area (Å²) in [5, 5.41) is 8.91. The fourth-order valence-corrected chi connectivity index (χ4v) is 1.71. The molecule has 0 atom stereocenters. The highest BCUT2D eigenvalue weighted by Gasteiger charge is 2.26. The molecule has 4 nitrogen and oxygen atoms in total. The van der Waals surface area contributed by atoms with Crippen molar-refractivity contribution < 1.29 is 14.7 Å². The van der Waals surface area contributed by atoms with Gasteiger partial charge in [-0.3, -0.25) is 9.69 Å². The third kappa shape index (κ3) is 1.82. The summed E-state index contributed by atoms with van der Waals surface area (Å²) in [6, 6.07) is 8.69. The molecule has 0 aromatic heterocycles. The first-order valence-electron chi connectivity index (χ1n) is 5.00. The normalized spacial score (nSPS) is 14.8. The molecule has 16 heavy (non-hydrogen) atoms. The first-order chi connectivity index (χ1) is 7.70. The highest BCUT2D eigenvalue weighted by atomic mass is 16.4. The SMILES string of the molecule is O=C(C1=CCCN1C(=O)O)c1ccccc1. The number of nitrogens with zero attached hydrogens (tertiary/aromatic N) is 1. The van der Waals surface area contributed by atoms with Crippen molar-refractivity contribution in [2.24, 2.45) is 0 Å². The standard InChI is InChI=1S/C12H11NO3/c14-11(9-5-2-1-3-6-9)10-7-4-8-13(10)12(15)16/h1-3,5-7H,4,8H2,(H,15,16).